The van der Waals surface area contributed by atoms with Crippen LogP contribution >= 0.6 is 0 Å². The first kappa shape index (κ1) is 23.6. The van der Waals surface area contributed by atoms with Gasteiger partial charge < -0.3 is 18.9 Å². The van der Waals surface area contributed by atoms with Crippen molar-refractivity contribution in [1.29, 1.82) is 0 Å². The number of methoxy groups -OCH3 is 4. The third-order valence-electron chi connectivity index (χ3n) is 6.98. The molecule has 0 radical (unpaired) electrons. The molecule has 0 heterocycles. The van der Waals surface area contributed by atoms with E-state index in [0.29, 0.717) is 0 Å². The quantitative estimate of drug-likeness (QED) is 0.282. The lowest BCUT2D eigenvalue weighted by Gasteiger charge is -2.36. The standard InChI is InChI=1S/C32H30O4/c1-33-25-11-5-21(6-12-25)30-20-24-19-28(36-4)17-18-29(24)31(22-7-13-26(34-2)14-8-22)32(30)23-9-15-27(35-3)16-10-23/h5-20,31-32H,1-4H3/t31-,32-/m1/s1. The lowest BCUT2D eigenvalue weighted by Crippen LogP contribution is -2.19. The predicted octanol–water partition coefficient (Wildman–Crippen LogP) is 7.19. The number of rotatable bonds is 7. The Balaban J connectivity index is 1.75. The van der Waals surface area contributed by atoms with E-state index in [-0.39, 0.29) is 11.8 Å². The first-order chi connectivity index (χ1) is 17.6. The van der Waals surface area contributed by atoms with Crippen molar-refractivity contribution in [2.75, 3.05) is 28.4 Å². The maximum atomic E-state index is 5.58. The van der Waals surface area contributed by atoms with Gasteiger partial charge in [0.05, 0.1) is 28.4 Å². The van der Waals surface area contributed by atoms with Crippen molar-refractivity contribution in [1.82, 2.24) is 0 Å². The van der Waals surface area contributed by atoms with Gasteiger partial charge in [0, 0.05) is 11.8 Å². The molecule has 4 nitrogen and oxygen atoms in total. The second kappa shape index (κ2) is 10.2. The van der Waals surface area contributed by atoms with Gasteiger partial charge in [-0.25, -0.2) is 0 Å². The van der Waals surface area contributed by atoms with Gasteiger partial charge in [-0.2, -0.15) is 0 Å². The second-order valence-electron chi connectivity index (χ2n) is 8.82. The van der Waals surface area contributed by atoms with E-state index >= 15 is 0 Å². The number of fused-ring (bicyclic) bond motifs is 1. The molecule has 0 aromatic heterocycles. The Morgan fingerprint density at radius 2 is 0.917 bits per heavy atom. The van der Waals surface area contributed by atoms with Gasteiger partial charge in [0.25, 0.3) is 0 Å². The molecule has 2 atom stereocenters. The van der Waals surface area contributed by atoms with E-state index in [1.54, 1.807) is 28.4 Å². The van der Waals surface area contributed by atoms with Gasteiger partial charge in [-0.1, -0.05) is 48.5 Å². The highest BCUT2D eigenvalue weighted by Crippen LogP contribution is 2.52. The van der Waals surface area contributed by atoms with Crippen LogP contribution in [0.1, 0.15) is 39.7 Å². The Morgan fingerprint density at radius 3 is 1.42 bits per heavy atom. The third-order valence-corrected chi connectivity index (χ3v) is 6.98. The predicted molar refractivity (Wildman–Crippen MR) is 144 cm³/mol. The van der Waals surface area contributed by atoms with Gasteiger partial charge in [-0.3, -0.25) is 0 Å². The summed E-state index contributed by atoms with van der Waals surface area (Å²) < 4.78 is 21.9. The number of benzene rings is 4. The molecule has 0 aliphatic heterocycles. The number of ether oxygens (including phenoxy) is 4. The van der Waals surface area contributed by atoms with Crippen LogP contribution in [0.4, 0.5) is 0 Å². The van der Waals surface area contributed by atoms with Crippen LogP contribution in [-0.2, 0) is 0 Å². The van der Waals surface area contributed by atoms with Gasteiger partial charge >= 0.3 is 0 Å². The van der Waals surface area contributed by atoms with E-state index in [1.807, 2.05) is 42.5 Å². The number of hydrogen-bond acceptors (Lipinski definition) is 4. The van der Waals surface area contributed by atoms with Crippen LogP contribution in [0.25, 0.3) is 11.6 Å². The molecule has 0 N–H and O–H groups in total. The van der Waals surface area contributed by atoms with Crippen molar-refractivity contribution < 1.29 is 18.9 Å². The summed E-state index contributed by atoms with van der Waals surface area (Å²) in [5.74, 6) is 3.54. The molecule has 0 spiro atoms. The number of hydrogen-bond donors (Lipinski definition) is 0. The van der Waals surface area contributed by atoms with Crippen LogP contribution in [0.2, 0.25) is 0 Å². The molecule has 4 aromatic carbocycles. The normalized spacial score (nSPS) is 16.5. The Kier molecular flexibility index (Phi) is 6.68. The van der Waals surface area contributed by atoms with Gasteiger partial charge in [-0.05, 0) is 81.9 Å². The van der Waals surface area contributed by atoms with Crippen LogP contribution < -0.4 is 18.9 Å². The highest BCUT2D eigenvalue weighted by molar-refractivity contribution is 5.90. The molecule has 0 unspecified atom stereocenters. The van der Waals surface area contributed by atoms with E-state index in [0.717, 1.165) is 34.1 Å². The summed E-state index contributed by atoms with van der Waals surface area (Å²) >= 11 is 0. The first-order valence-corrected chi connectivity index (χ1v) is 12.0. The van der Waals surface area contributed by atoms with Crippen LogP contribution in [0.15, 0.2) is 91.0 Å². The highest BCUT2D eigenvalue weighted by atomic mass is 16.5. The van der Waals surface area contributed by atoms with E-state index in [2.05, 4.69) is 54.6 Å². The fourth-order valence-corrected chi connectivity index (χ4v) is 5.12. The zero-order valence-electron chi connectivity index (χ0n) is 21.0. The second-order valence-corrected chi connectivity index (χ2v) is 8.82. The van der Waals surface area contributed by atoms with Gasteiger partial charge in [0.15, 0.2) is 0 Å². The molecule has 1 aliphatic rings. The number of allylic oxidation sites excluding steroid dienone is 1. The fraction of sp³-hybridized carbons (Fsp3) is 0.188. The highest BCUT2D eigenvalue weighted by Gasteiger charge is 2.35. The summed E-state index contributed by atoms with van der Waals surface area (Å²) in [5.41, 5.74) is 7.26. The monoisotopic (exact) mass is 478 g/mol. The fourth-order valence-electron chi connectivity index (χ4n) is 5.12. The lowest BCUT2D eigenvalue weighted by molar-refractivity contribution is 0.414. The maximum Gasteiger partial charge on any atom is 0.119 e. The Labute approximate surface area is 212 Å². The van der Waals surface area contributed by atoms with Crippen LogP contribution in [-0.4, -0.2) is 28.4 Å². The summed E-state index contributed by atoms with van der Waals surface area (Å²) in [5, 5.41) is 0. The molecule has 1 aliphatic carbocycles. The minimum absolute atomic E-state index is 0.0820. The van der Waals surface area contributed by atoms with Crippen molar-refractivity contribution >= 4 is 11.6 Å². The molecule has 0 bridgehead atoms. The molecule has 4 heteroatoms. The van der Waals surface area contributed by atoms with Gasteiger partial charge in [-0.15, -0.1) is 0 Å². The smallest absolute Gasteiger partial charge is 0.119 e. The molecule has 4 aromatic rings. The molecule has 5 rings (SSSR count). The third kappa shape index (κ3) is 4.42. The van der Waals surface area contributed by atoms with E-state index in [4.69, 9.17) is 18.9 Å². The van der Waals surface area contributed by atoms with Crippen molar-refractivity contribution in [3.63, 3.8) is 0 Å². The van der Waals surface area contributed by atoms with E-state index < -0.39 is 0 Å². The molecule has 182 valence electrons. The lowest BCUT2D eigenvalue weighted by atomic mass is 9.67. The maximum absolute atomic E-state index is 5.58. The first-order valence-electron chi connectivity index (χ1n) is 12.0. The summed E-state index contributed by atoms with van der Waals surface area (Å²) in [6.45, 7) is 0. The topological polar surface area (TPSA) is 36.9 Å². The Morgan fingerprint density at radius 1 is 0.472 bits per heavy atom. The van der Waals surface area contributed by atoms with Crippen molar-refractivity contribution in [2.24, 2.45) is 0 Å². The van der Waals surface area contributed by atoms with Crippen LogP contribution in [0.5, 0.6) is 23.0 Å². The SMILES string of the molecule is COc1ccc(C2=Cc3cc(OC)ccc3[C@@H](c3ccc(OC)cc3)[C@@H]2c2ccc(OC)cc2)cc1. The van der Waals surface area contributed by atoms with E-state index in [1.165, 1.54) is 22.3 Å². The van der Waals surface area contributed by atoms with E-state index in [9.17, 15) is 0 Å². The largest absolute Gasteiger partial charge is 0.497 e. The zero-order chi connectivity index (χ0) is 25.1. The minimum atomic E-state index is 0.0820. The molecule has 0 saturated carbocycles. The molecular formula is C32H30O4. The summed E-state index contributed by atoms with van der Waals surface area (Å²) in [4.78, 5) is 0. The molecule has 0 amide bonds. The summed E-state index contributed by atoms with van der Waals surface area (Å²) in [7, 11) is 6.79. The minimum Gasteiger partial charge on any atom is -0.497 e. The summed E-state index contributed by atoms with van der Waals surface area (Å²) in [6.07, 6.45) is 2.30. The molecule has 0 fully saturated rings. The molecular weight excluding hydrogens is 448 g/mol. The molecule has 36 heavy (non-hydrogen) atoms. The molecule has 0 saturated heterocycles. The van der Waals surface area contributed by atoms with Crippen molar-refractivity contribution in [3.8, 4) is 23.0 Å². The average Bonchev–Trinajstić information content (AvgIpc) is 2.96. The Hall–Kier alpha value is -4.18. The summed E-state index contributed by atoms with van der Waals surface area (Å²) in [6, 6.07) is 31.5. The van der Waals surface area contributed by atoms with Crippen molar-refractivity contribution in [2.45, 2.75) is 11.8 Å². The van der Waals surface area contributed by atoms with Crippen LogP contribution in [0, 0.1) is 0 Å². The van der Waals surface area contributed by atoms with Crippen LogP contribution in [0.3, 0.4) is 0 Å². The Bertz CT molecular complexity index is 1350. The average molecular weight is 479 g/mol. The van der Waals surface area contributed by atoms with Gasteiger partial charge in [0.1, 0.15) is 23.0 Å². The zero-order valence-corrected chi connectivity index (χ0v) is 21.0. The van der Waals surface area contributed by atoms with Gasteiger partial charge in [0.2, 0.25) is 0 Å². The van der Waals surface area contributed by atoms with Crippen molar-refractivity contribution in [3.05, 3.63) is 119 Å².